The normalized spacial score (nSPS) is 11.8. The van der Waals surface area contributed by atoms with Crippen molar-refractivity contribution >= 4 is 16.9 Å². The van der Waals surface area contributed by atoms with E-state index in [1.807, 2.05) is 12.3 Å². The number of nitrogens with one attached hydrogen (secondary N) is 4. The minimum absolute atomic E-state index is 0.219. The highest BCUT2D eigenvalue weighted by Crippen LogP contribution is 2.19. The van der Waals surface area contributed by atoms with E-state index in [9.17, 15) is 4.39 Å². The van der Waals surface area contributed by atoms with Crippen LogP contribution in [0.4, 0.5) is 4.39 Å². The van der Waals surface area contributed by atoms with Crippen LogP contribution in [0.1, 0.15) is 11.3 Å². The molecule has 0 fully saturated rings. The number of guanidine groups is 1. The zero-order valence-corrected chi connectivity index (χ0v) is 12.9. The molecule has 0 atom stereocenters. The first-order valence-electron chi connectivity index (χ1n) is 7.44. The molecule has 3 aromatic rings. The maximum absolute atomic E-state index is 13.4. The highest BCUT2D eigenvalue weighted by molar-refractivity contribution is 5.83. The number of fused-ring (bicyclic) bond motifs is 1. The Morgan fingerprint density at radius 2 is 2.22 bits per heavy atom. The molecule has 0 radical (unpaired) electrons. The molecule has 0 spiro atoms. The smallest absolute Gasteiger partial charge is 0.191 e. The summed E-state index contributed by atoms with van der Waals surface area (Å²) in [4.78, 5) is 7.33. The van der Waals surface area contributed by atoms with Gasteiger partial charge in [-0.3, -0.25) is 10.1 Å². The van der Waals surface area contributed by atoms with Crippen LogP contribution < -0.4 is 10.6 Å². The SMILES string of the molecule is CN=C(NCCc1c[nH]c2ccc(F)cc12)NCc1ccn[nH]1. The minimum Gasteiger partial charge on any atom is -0.361 e. The van der Waals surface area contributed by atoms with E-state index in [0.29, 0.717) is 19.0 Å². The number of aliphatic imine (C=N–C) groups is 1. The summed E-state index contributed by atoms with van der Waals surface area (Å²) in [5.74, 6) is 0.494. The molecule has 2 heterocycles. The Morgan fingerprint density at radius 1 is 1.30 bits per heavy atom. The van der Waals surface area contributed by atoms with Crippen molar-refractivity contribution in [3.8, 4) is 0 Å². The largest absolute Gasteiger partial charge is 0.361 e. The van der Waals surface area contributed by atoms with Gasteiger partial charge < -0.3 is 15.6 Å². The Morgan fingerprint density at radius 3 is 3.00 bits per heavy atom. The van der Waals surface area contributed by atoms with Crippen LogP contribution in [0.2, 0.25) is 0 Å². The third-order valence-corrected chi connectivity index (χ3v) is 3.64. The zero-order valence-electron chi connectivity index (χ0n) is 12.9. The third-order valence-electron chi connectivity index (χ3n) is 3.64. The maximum atomic E-state index is 13.4. The van der Waals surface area contributed by atoms with Crippen molar-refractivity contribution in [3.63, 3.8) is 0 Å². The molecule has 0 unspecified atom stereocenters. The Kier molecular flexibility index (Phi) is 4.56. The maximum Gasteiger partial charge on any atom is 0.191 e. The fraction of sp³-hybridized carbons (Fsp3) is 0.250. The summed E-state index contributed by atoms with van der Waals surface area (Å²) in [5, 5.41) is 14.2. The number of hydrogen-bond acceptors (Lipinski definition) is 2. The first-order valence-corrected chi connectivity index (χ1v) is 7.44. The summed E-state index contributed by atoms with van der Waals surface area (Å²) in [5.41, 5.74) is 3.01. The summed E-state index contributed by atoms with van der Waals surface area (Å²) in [6.07, 6.45) is 4.41. The van der Waals surface area contributed by atoms with Crippen molar-refractivity contribution in [2.45, 2.75) is 13.0 Å². The van der Waals surface area contributed by atoms with Crippen LogP contribution in [0, 0.1) is 5.82 Å². The van der Waals surface area contributed by atoms with Crippen LogP contribution in [0.25, 0.3) is 10.9 Å². The Balaban J connectivity index is 1.54. The molecule has 0 saturated carbocycles. The minimum atomic E-state index is -0.219. The lowest BCUT2D eigenvalue weighted by atomic mass is 10.1. The molecule has 0 saturated heterocycles. The summed E-state index contributed by atoms with van der Waals surface area (Å²) in [7, 11) is 1.73. The number of aromatic nitrogens is 3. The third kappa shape index (κ3) is 3.68. The predicted molar refractivity (Wildman–Crippen MR) is 88.7 cm³/mol. The number of hydrogen-bond donors (Lipinski definition) is 4. The Labute approximate surface area is 133 Å². The number of rotatable bonds is 5. The van der Waals surface area contributed by atoms with E-state index in [1.54, 1.807) is 25.4 Å². The number of benzene rings is 1. The van der Waals surface area contributed by atoms with E-state index in [0.717, 1.165) is 28.6 Å². The van der Waals surface area contributed by atoms with Crippen LogP contribution in [0.3, 0.4) is 0 Å². The second-order valence-electron chi connectivity index (χ2n) is 5.19. The van der Waals surface area contributed by atoms with Gasteiger partial charge in [0.05, 0.1) is 12.2 Å². The molecule has 0 amide bonds. The molecular weight excluding hydrogens is 295 g/mol. The molecule has 120 valence electrons. The lowest BCUT2D eigenvalue weighted by molar-refractivity contribution is 0.629. The van der Waals surface area contributed by atoms with Gasteiger partial charge in [0, 0.05) is 36.9 Å². The molecule has 2 aromatic heterocycles. The molecule has 7 heteroatoms. The van der Waals surface area contributed by atoms with Crippen molar-refractivity contribution < 1.29 is 4.39 Å². The van der Waals surface area contributed by atoms with Crippen LogP contribution in [0.15, 0.2) is 41.7 Å². The lowest BCUT2D eigenvalue weighted by Crippen LogP contribution is -2.37. The fourth-order valence-corrected chi connectivity index (χ4v) is 2.46. The van der Waals surface area contributed by atoms with E-state index >= 15 is 0 Å². The number of nitrogens with zero attached hydrogens (tertiary/aromatic N) is 2. The van der Waals surface area contributed by atoms with E-state index in [4.69, 9.17) is 0 Å². The molecule has 0 aliphatic rings. The standard InChI is InChI=1S/C16H19FN6/c1-18-16(21-10-13-5-7-22-23-13)19-6-4-11-9-20-15-3-2-12(17)8-14(11)15/h2-3,5,7-9,20H,4,6,10H2,1H3,(H,22,23)(H2,18,19,21). The molecule has 3 rings (SSSR count). The van der Waals surface area contributed by atoms with E-state index in [2.05, 4.69) is 30.8 Å². The van der Waals surface area contributed by atoms with Gasteiger partial charge in [0.1, 0.15) is 5.82 Å². The summed E-state index contributed by atoms with van der Waals surface area (Å²) >= 11 is 0. The number of aromatic amines is 2. The van der Waals surface area contributed by atoms with Gasteiger partial charge in [0.2, 0.25) is 0 Å². The Hall–Kier alpha value is -2.83. The highest BCUT2D eigenvalue weighted by Gasteiger charge is 2.05. The van der Waals surface area contributed by atoms with Gasteiger partial charge in [0.15, 0.2) is 5.96 Å². The van der Waals surface area contributed by atoms with Gasteiger partial charge in [-0.1, -0.05) is 0 Å². The highest BCUT2D eigenvalue weighted by atomic mass is 19.1. The van der Waals surface area contributed by atoms with E-state index in [1.165, 1.54) is 6.07 Å². The van der Waals surface area contributed by atoms with E-state index in [-0.39, 0.29) is 5.82 Å². The van der Waals surface area contributed by atoms with Crippen LogP contribution in [-0.2, 0) is 13.0 Å². The van der Waals surface area contributed by atoms with Crippen LogP contribution in [-0.4, -0.2) is 34.7 Å². The van der Waals surface area contributed by atoms with Gasteiger partial charge in [-0.2, -0.15) is 5.10 Å². The molecule has 23 heavy (non-hydrogen) atoms. The second kappa shape index (κ2) is 6.95. The average Bonchev–Trinajstić information content (AvgIpc) is 3.20. The monoisotopic (exact) mass is 314 g/mol. The predicted octanol–water partition coefficient (Wildman–Crippen LogP) is 1.94. The zero-order chi connectivity index (χ0) is 16.1. The van der Waals surface area contributed by atoms with Crippen molar-refractivity contribution in [2.75, 3.05) is 13.6 Å². The molecule has 1 aromatic carbocycles. The number of H-pyrrole nitrogens is 2. The van der Waals surface area contributed by atoms with Crippen molar-refractivity contribution in [3.05, 3.63) is 53.7 Å². The van der Waals surface area contributed by atoms with Crippen molar-refractivity contribution in [1.82, 2.24) is 25.8 Å². The molecule has 4 N–H and O–H groups in total. The Bertz CT molecular complexity index is 790. The second-order valence-corrected chi connectivity index (χ2v) is 5.19. The molecule has 6 nitrogen and oxygen atoms in total. The number of halogens is 1. The van der Waals surface area contributed by atoms with Crippen LogP contribution in [0.5, 0.6) is 0 Å². The summed E-state index contributed by atoms with van der Waals surface area (Å²) < 4.78 is 13.4. The van der Waals surface area contributed by atoms with Gasteiger partial charge in [-0.05, 0) is 36.2 Å². The average molecular weight is 314 g/mol. The molecule has 0 bridgehead atoms. The summed E-state index contributed by atoms with van der Waals surface area (Å²) in [6.45, 7) is 1.32. The topological polar surface area (TPSA) is 80.9 Å². The molecule has 0 aliphatic heterocycles. The van der Waals surface area contributed by atoms with Gasteiger partial charge in [0.25, 0.3) is 0 Å². The van der Waals surface area contributed by atoms with Gasteiger partial charge in [-0.15, -0.1) is 0 Å². The quantitative estimate of drug-likeness (QED) is 0.429. The van der Waals surface area contributed by atoms with E-state index < -0.39 is 0 Å². The summed E-state index contributed by atoms with van der Waals surface area (Å²) in [6, 6.07) is 6.68. The first-order chi connectivity index (χ1) is 11.3. The van der Waals surface area contributed by atoms with Crippen molar-refractivity contribution in [2.24, 2.45) is 4.99 Å². The lowest BCUT2D eigenvalue weighted by Gasteiger charge is -2.10. The first kappa shape index (κ1) is 15.1. The van der Waals surface area contributed by atoms with Crippen molar-refractivity contribution in [1.29, 1.82) is 0 Å². The van der Waals surface area contributed by atoms with Gasteiger partial charge >= 0.3 is 0 Å². The van der Waals surface area contributed by atoms with Gasteiger partial charge in [-0.25, -0.2) is 4.39 Å². The molecule has 0 aliphatic carbocycles. The van der Waals surface area contributed by atoms with Crippen LogP contribution >= 0.6 is 0 Å². The fourth-order valence-electron chi connectivity index (χ4n) is 2.46. The molecular formula is C16H19FN6.